The zero-order valence-corrected chi connectivity index (χ0v) is 16.2. The molecule has 0 spiro atoms. The minimum Gasteiger partial charge on any atom is -0.475 e. The summed E-state index contributed by atoms with van der Waals surface area (Å²) < 4.78 is 63.5. The molecule has 14 heteroatoms. The quantitative estimate of drug-likeness (QED) is 0.433. The maximum absolute atomic E-state index is 10.6. The highest BCUT2D eigenvalue weighted by atomic mass is 32.1. The highest BCUT2D eigenvalue weighted by Crippen LogP contribution is 2.27. The zero-order chi connectivity index (χ0) is 23.5. The third kappa shape index (κ3) is 11.0. The van der Waals surface area contributed by atoms with E-state index in [4.69, 9.17) is 30.9 Å². The van der Waals surface area contributed by atoms with Crippen LogP contribution in [0.25, 0.3) is 0 Å². The topological polar surface area (TPSA) is 136 Å². The number of rotatable bonds is 3. The second-order valence-corrected chi connectivity index (χ2v) is 6.92. The van der Waals surface area contributed by atoms with E-state index in [1.807, 2.05) is 0 Å². The van der Waals surface area contributed by atoms with Crippen molar-refractivity contribution in [1.82, 2.24) is 5.32 Å². The van der Waals surface area contributed by atoms with Crippen LogP contribution >= 0.6 is 11.3 Å². The Morgan fingerprint density at radius 3 is 2.03 bits per heavy atom. The van der Waals surface area contributed by atoms with Crippen molar-refractivity contribution in [3.63, 3.8) is 0 Å². The van der Waals surface area contributed by atoms with Gasteiger partial charge in [-0.15, -0.1) is 11.3 Å². The van der Waals surface area contributed by atoms with Crippen LogP contribution < -0.4 is 11.1 Å². The summed E-state index contributed by atoms with van der Waals surface area (Å²) >= 11 is 1.77. The van der Waals surface area contributed by atoms with Gasteiger partial charge in [0.05, 0.1) is 5.84 Å². The number of thiophene rings is 1. The van der Waals surface area contributed by atoms with Crippen LogP contribution in [0.1, 0.15) is 36.5 Å². The van der Waals surface area contributed by atoms with Crippen molar-refractivity contribution >= 4 is 29.1 Å². The molecule has 2 unspecified atom stereocenters. The Hall–Kier alpha value is -2.35. The Morgan fingerprint density at radius 2 is 1.67 bits per heavy atom. The molecule has 1 aromatic rings. The number of aliphatic carboxylic acids is 2. The lowest BCUT2D eigenvalue weighted by Gasteiger charge is -2.25. The zero-order valence-electron chi connectivity index (χ0n) is 15.4. The number of nitrogens with two attached hydrogens (primary N) is 1. The van der Waals surface area contributed by atoms with Crippen LogP contribution in [0.15, 0.2) is 17.5 Å². The lowest BCUT2D eigenvalue weighted by molar-refractivity contribution is -0.193. The molecule has 172 valence electrons. The Balaban J connectivity index is 0.000000503. The Bertz CT molecular complexity index is 656. The van der Waals surface area contributed by atoms with Gasteiger partial charge in [0.25, 0.3) is 0 Å². The molecule has 0 bridgehead atoms. The monoisotopic (exact) mass is 465 g/mol. The van der Waals surface area contributed by atoms with E-state index in [1.54, 1.807) is 11.3 Å². The van der Waals surface area contributed by atoms with Gasteiger partial charge in [-0.3, -0.25) is 5.41 Å². The lowest BCUT2D eigenvalue weighted by Crippen LogP contribution is -2.39. The molecule has 2 heterocycles. The molecule has 0 aromatic carbocycles. The van der Waals surface area contributed by atoms with Crippen molar-refractivity contribution in [2.75, 3.05) is 6.54 Å². The fourth-order valence-electron chi connectivity index (χ4n) is 2.32. The molecule has 0 saturated carbocycles. The van der Waals surface area contributed by atoms with Crippen molar-refractivity contribution in [2.45, 2.75) is 50.0 Å². The lowest BCUT2D eigenvalue weighted by atomic mass is 9.94. The summed E-state index contributed by atoms with van der Waals surface area (Å²) in [5.74, 6) is -4.48. The van der Waals surface area contributed by atoms with Crippen molar-refractivity contribution in [1.29, 1.82) is 5.41 Å². The first-order valence-corrected chi connectivity index (χ1v) is 9.25. The minimum absolute atomic E-state index is 0.346. The van der Waals surface area contributed by atoms with Gasteiger partial charge in [0.15, 0.2) is 0 Å². The molecule has 1 saturated heterocycles. The number of alkyl halides is 6. The minimum atomic E-state index is -5.08. The Kier molecular flexibility index (Phi) is 11.4. The van der Waals surface area contributed by atoms with Crippen molar-refractivity contribution in [2.24, 2.45) is 5.73 Å². The summed E-state index contributed by atoms with van der Waals surface area (Å²) in [5.41, 5.74) is 5.89. The van der Waals surface area contributed by atoms with Crippen LogP contribution in [0.5, 0.6) is 0 Å². The van der Waals surface area contributed by atoms with E-state index in [9.17, 15) is 26.3 Å². The number of nitrogens with one attached hydrogen (secondary N) is 2. The molecule has 1 aromatic heterocycles. The van der Waals surface area contributed by atoms with Crippen LogP contribution in [0.3, 0.4) is 0 Å². The van der Waals surface area contributed by atoms with Crippen LogP contribution in [-0.2, 0) is 9.59 Å². The molecule has 0 amide bonds. The second kappa shape index (κ2) is 12.4. The first-order chi connectivity index (χ1) is 13.7. The average molecular weight is 465 g/mol. The van der Waals surface area contributed by atoms with Crippen molar-refractivity contribution < 1.29 is 46.1 Å². The fraction of sp³-hybridized carbons (Fsp3) is 0.562. The SMILES string of the molecule is N=C1CCCCC(C(CN)c2cccs2)N1.O=C(O)C(F)(F)F.O=C(O)C(F)(F)F. The summed E-state index contributed by atoms with van der Waals surface area (Å²) in [4.78, 5) is 19.1. The second-order valence-electron chi connectivity index (χ2n) is 5.94. The van der Waals surface area contributed by atoms with Gasteiger partial charge < -0.3 is 21.3 Å². The number of amidine groups is 1. The van der Waals surface area contributed by atoms with E-state index in [0.29, 0.717) is 24.3 Å². The molecular formula is C16H21F6N3O4S. The maximum Gasteiger partial charge on any atom is 0.490 e. The number of hydrogen-bond donors (Lipinski definition) is 5. The largest absolute Gasteiger partial charge is 0.490 e. The van der Waals surface area contributed by atoms with E-state index < -0.39 is 24.3 Å². The van der Waals surface area contributed by atoms with E-state index in [-0.39, 0.29) is 0 Å². The first-order valence-electron chi connectivity index (χ1n) is 8.37. The number of hydrogen-bond acceptors (Lipinski definition) is 5. The number of carbonyl (C=O) groups is 2. The van der Waals surface area contributed by atoms with Gasteiger partial charge in [0.1, 0.15) is 0 Å². The van der Waals surface area contributed by atoms with Gasteiger partial charge >= 0.3 is 24.3 Å². The van der Waals surface area contributed by atoms with Gasteiger partial charge in [-0.05, 0) is 24.3 Å². The van der Waals surface area contributed by atoms with E-state index in [2.05, 4.69) is 22.8 Å². The van der Waals surface area contributed by atoms with Crippen LogP contribution in [0.2, 0.25) is 0 Å². The average Bonchev–Trinajstić information content (AvgIpc) is 3.04. The van der Waals surface area contributed by atoms with Crippen LogP contribution in [0.4, 0.5) is 26.3 Å². The number of carboxylic acid groups (broad SMARTS) is 2. The number of halogens is 6. The third-order valence-electron chi connectivity index (χ3n) is 3.68. The standard InChI is InChI=1S/C12H19N3S.2C2HF3O2/c13-8-9(11-5-3-7-16-11)10-4-1-2-6-12(14)15-10;2*3-2(4,5)1(6)7/h3,5,7,9-10H,1-2,4,6,8,13H2,(H2,14,15);2*(H,6,7). The smallest absolute Gasteiger partial charge is 0.475 e. The predicted molar refractivity (Wildman–Crippen MR) is 96.6 cm³/mol. The first kappa shape index (κ1) is 27.6. The molecular weight excluding hydrogens is 444 g/mol. The predicted octanol–water partition coefficient (Wildman–Crippen LogP) is 3.57. The van der Waals surface area contributed by atoms with Crippen molar-refractivity contribution in [3.05, 3.63) is 22.4 Å². The summed E-state index contributed by atoms with van der Waals surface area (Å²) in [5, 5.41) is 27.5. The van der Waals surface area contributed by atoms with E-state index >= 15 is 0 Å². The summed E-state index contributed by atoms with van der Waals surface area (Å²) in [6.07, 6.45) is -5.83. The van der Waals surface area contributed by atoms with Gasteiger partial charge in [-0.2, -0.15) is 26.3 Å². The molecule has 0 radical (unpaired) electrons. The van der Waals surface area contributed by atoms with Gasteiger partial charge in [0.2, 0.25) is 0 Å². The summed E-state index contributed by atoms with van der Waals surface area (Å²) in [6.45, 7) is 0.658. The maximum atomic E-state index is 10.6. The van der Waals surface area contributed by atoms with Gasteiger partial charge in [0, 0.05) is 29.8 Å². The van der Waals surface area contributed by atoms with Crippen molar-refractivity contribution in [3.8, 4) is 0 Å². The summed E-state index contributed by atoms with van der Waals surface area (Å²) in [7, 11) is 0. The summed E-state index contributed by atoms with van der Waals surface area (Å²) in [6, 6.07) is 4.57. The molecule has 2 rings (SSSR count). The molecule has 7 nitrogen and oxygen atoms in total. The molecule has 30 heavy (non-hydrogen) atoms. The molecule has 0 aliphatic carbocycles. The molecule has 1 aliphatic rings. The third-order valence-corrected chi connectivity index (χ3v) is 4.69. The molecule has 2 atom stereocenters. The highest BCUT2D eigenvalue weighted by Gasteiger charge is 2.38. The van der Waals surface area contributed by atoms with Gasteiger partial charge in [-0.25, -0.2) is 9.59 Å². The van der Waals surface area contributed by atoms with Crippen LogP contribution in [-0.4, -0.2) is 52.9 Å². The Morgan fingerprint density at radius 1 is 1.17 bits per heavy atom. The fourth-order valence-corrected chi connectivity index (χ4v) is 3.22. The van der Waals surface area contributed by atoms with Gasteiger partial charge in [-0.1, -0.05) is 12.5 Å². The molecule has 6 N–H and O–H groups in total. The normalized spacial score (nSPS) is 17.8. The Labute approximate surface area is 171 Å². The molecule has 1 fully saturated rings. The molecule has 1 aliphatic heterocycles. The number of carboxylic acids is 2. The van der Waals surface area contributed by atoms with E-state index in [1.165, 1.54) is 11.3 Å². The van der Waals surface area contributed by atoms with E-state index in [0.717, 1.165) is 19.3 Å². The highest BCUT2D eigenvalue weighted by molar-refractivity contribution is 7.10. The van der Waals surface area contributed by atoms with Crippen LogP contribution in [0, 0.1) is 5.41 Å².